The number of hydrogen-bond acceptors (Lipinski definition) is 6. The van der Waals surface area contributed by atoms with Crippen LogP contribution in [0.25, 0.3) is 0 Å². The molecule has 0 saturated carbocycles. The van der Waals surface area contributed by atoms with Crippen molar-refractivity contribution in [3.05, 3.63) is 33.9 Å². The second-order valence-electron chi connectivity index (χ2n) is 7.47. The molecule has 2 heterocycles. The third kappa shape index (κ3) is 3.42. The van der Waals surface area contributed by atoms with Crippen LogP contribution >= 0.6 is 0 Å². The summed E-state index contributed by atoms with van der Waals surface area (Å²) < 4.78 is 11.4. The lowest BCUT2D eigenvalue weighted by Gasteiger charge is -2.34. The smallest absolute Gasteiger partial charge is 0.410 e. The lowest BCUT2D eigenvalue weighted by molar-refractivity contribution is -0.384. The zero-order valence-corrected chi connectivity index (χ0v) is 14.4. The van der Waals surface area contributed by atoms with E-state index in [1.54, 1.807) is 20.8 Å². The first-order chi connectivity index (χ1) is 11.6. The van der Waals surface area contributed by atoms with Crippen molar-refractivity contribution in [3.8, 4) is 5.75 Å². The largest absolute Gasteiger partial charge is 0.484 e. The zero-order chi connectivity index (χ0) is 18.4. The SMILES string of the molecule is CC(C)(C)OC(=O)N1CCC2(CC(=O)c3cc([N+](=O)[O-])ccc3O2)C1. The summed E-state index contributed by atoms with van der Waals surface area (Å²) in [5.41, 5.74) is -1.32. The number of fused-ring (bicyclic) bond motifs is 1. The molecule has 0 aromatic heterocycles. The van der Waals surface area contributed by atoms with Crippen molar-refractivity contribution >= 4 is 17.6 Å². The summed E-state index contributed by atoms with van der Waals surface area (Å²) in [6.45, 7) is 6.07. The van der Waals surface area contributed by atoms with Gasteiger partial charge in [0.2, 0.25) is 0 Å². The predicted molar refractivity (Wildman–Crippen MR) is 87.8 cm³/mol. The van der Waals surface area contributed by atoms with Crippen molar-refractivity contribution in [1.82, 2.24) is 4.90 Å². The highest BCUT2D eigenvalue weighted by Crippen LogP contribution is 2.40. The molecule has 0 radical (unpaired) electrons. The third-order valence-electron chi connectivity index (χ3n) is 4.25. The Morgan fingerprint density at radius 2 is 2.12 bits per heavy atom. The Bertz CT molecular complexity index is 754. The summed E-state index contributed by atoms with van der Waals surface area (Å²) in [6.07, 6.45) is 0.157. The van der Waals surface area contributed by atoms with Gasteiger partial charge < -0.3 is 14.4 Å². The van der Waals surface area contributed by atoms with Gasteiger partial charge in [0, 0.05) is 25.1 Å². The summed E-state index contributed by atoms with van der Waals surface area (Å²) in [4.78, 5) is 36.6. The molecule has 1 aromatic rings. The standard InChI is InChI=1S/C17H20N2O6/c1-16(2,3)25-15(21)18-7-6-17(10-18)9-13(20)12-8-11(19(22)23)4-5-14(12)24-17/h4-5,8H,6-7,9-10H2,1-3H3. The maximum absolute atomic E-state index is 12.5. The highest BCUT2D eigenvalue weighted by molar-refractivity contribution is 6.01. The Morgan fingerprint density at radius 1 is 1.40 bits per heavy atom. The molecule has 1 aromatic carbocycles. The molecule has 8 nitrogen and oxygen atoms in total. The van der Waals surface area contributed by atoms with Gasteiger partial charge in [-0.05, 0) is 26.8 Å². The quantitative estimate of drug-likeness (QED) is 0.571. The number of Topliss-reactive ketones (excluding diaryl/α,β-unsaturated/α-hetero) is 1. The number of carbonyl (C=O) groups is 2. The molecule has 1 saturated heterocycles. The number of carbonyl (C=O) groups excluding carboxylic acids is 2. The van der Waals surface area contributed by atoms with E-state index in [9.17, 15) is 19.7 Å². The van der Waals surface area contributed by atoms with Crippen molar-refractivity contribution in [3.63, 3.8) is 0 Å². The van der Waals surface area contributed by atoms with Crippen LogP contribution in [0.4, 0.5) is 10.5 Å². The number of rotatable bonds is 1. The fraction of sp³-hybridized carbons (Fsp3) is 0.529. The number of nitro groups is 1. The highest BCUT2D eigenvalue weighted by Gasteiger charge is 2.48. The summed E-state index contributed by atoms with van der Waals surface area (Å²) in [7, 11) is 0. The molecule has 2 aliphatic heterocycles. The first-order valence-corrected chi connectivity index (χ1v) is 8.07. The van der Waals surface area contributed by atoms with Gasteiger partial charge >= 0.3 is 6.09 Å². The Labute approximate surface area is 144 Å². The van der Waals surface area contributed by atoms with Gasteiger partial charge in [-0.25, -0.2) is 4.79 Å². The van der Waals surface area contributed by atoms with Crippen LogP contribution < -0.4 is 4.74 Å². The Balaban J connectivity index is 1.79. The molecule has 25 heavy (non-hydrogen) atoms. The van der Waals surface area contributed by atoms with Crippen LogP contribution in [-0.2, 0) is 4.74 Å². The second kappa shape index (κ2) is 5.72. The summed E-state index contributed by atoms with van der Waals surface area (Å²) >= 11 is 0. The minimum Gasteiger partial charge on any atom is -0.484 e. The molecule has 134 valence electrons. The number of nitrogens with zero attached hydrogens (tertiary/aromatic N) is 2. The molecule has 1 unspecified atom stereocenters. The van der Waals surface area contributed by atoms with E-state index < -0.39 is 22.2 Å². The zero-order valence-electron chi connectivity index (χ0n) is 14.4. The topological polar surface area (TPSA) is 99.0 Å². The first-order valence-electron chi connectivity index (χ1n) is 8.07. The van der Waals surface area contributed by atoms with Crippen LogP contribution in [0.2, 0.25) is 0 Å². The lowest BCUT2D eigenvalue weighted by Crippen LogP contribution is -2.46. The van der Waals surface area contributed by atoms with Gasteiger partial charge in [-0.3, -0.25) is 14.9 Å². The molecule has 0 N–H and O–H groups in total. The van der Waals surface area contributed by atoms with E-state index in [4.69, 9.17) is 9.47 Å². The molecular weight excluding hydrogens is 328 g/mol. The maximum Gasteiger partial charge on any atom is 0.410 e. The van der Waals surface area contributed by atoms with Crippen molar-refractivity contribution in [2.75, 3.05) is 13.1 Å². The van der Waals surface area contributed by atoms with Crippen LogP contribution in [0.5, 0.6) is 5.75 Å². The van der Waals surface area contributed by atoms with Gasteiger partial charge in [0.25, 0.3) is 5.69 Å². The molecule has 1 atom stereocenters. The highest BCUT2D eigenvalue weighted by atomic mass is 16.6. The number of benzene rings is 1. The van der Waals surface area contributed by atoms with Crippen LogP contribution in [0.15, 0.2) is 18.2 Å². The van der Waals surface area contributed by atoms with E-state index in [-0.39, 0.29) is 30.0 Å². The molecule has 2 aliphatic rings. The molecule has 1 fully saturated rings. The van der Waals surface area contributed by atoms with E-state index in [2.05, 4.69) is 0 Å². The normalized spacial score (nSPS) is 22.5. The van der Waals surface area contributed by atoms with Crippen molar-refractivity contribution in [2.24, 2.45) is 0 Å². The van der Waals surface area contributed by atoms with Crippen molar-refractivity contribution in [2.45, 2.75) is 44.8 Å². The van der Waals surface area contributed by atoms with E-state index in [1.807, 2.05) is 0 Å². The van der Waals surface area contributed by atoms with Crippen molar-refractivity contribution < 1.29 is 24.0 Å². The predicted octanol–water partition coefficient (Wildman–Crippen LogP) is 2.94. The summed E-state index contributed by atoms with van der Waals surface area (Å²) in [5, 5.41) is 10.9. The maximum atomic E-state index is 12.5. The van der Waals surface area contributed by atoms with Gasteiger partial charge in [0.05, 0.1) is 23.5 Å². The Kier molecular flexibility index (Phi) is 3.93. The van der Waals surface area contributed by atoms with E-state index in [0.29, 0.717) is 18.7 Å². The molecule has 3 rings (SSSR count). The number of hydrogen-bond donors (Lipinski definition) is 0. The minimum absolute atomic E-state index is 0.0838. The molecule has 0 bridgehead atoms. The van der Waals surface area contributed by atoms with Crippen LogP contribution in [0.1, 0.15) is 44.0 Å². The molecule has 0 aliphatic carbocycles. The van der Waals surface area contributed by atoms with Gasteiger partial charge in [-0.2, -0.15) is 0 Å². The fourth-order valence-corrected chi connectivity index (χ4v) is 3.15. The number of ketones is 1. The van der Waals surface area contributed by atoms with Gasteiger partial charge in [0.15, 0.2) is 5.78 Å². The second-order valence-corrected chi connectivity index (χ2v) is 7.47. The van der Waals surface area contributed by atoms with Gasteiger partial charge in [-0.15, -0.1) is 0 Å². The Hall–Kier alpha value is -2.64. The summed E-state index contributed by atoms with van der Waals surface area (Å²) in [5.74, 6) is 0.115. The number of nitro benzene ring substituents is 1. The monoisotopic (exact) mass is 348 g/mol. The average molecular weight is 348 g/mol. The van der Waals surface area contributed by atoms with Gasteiger partial charge in [0.1, 0.15) is 17.0 Å². The molecule has 1 spiro atoms. The number of amides is 1. The number of non-ortho nitro benzene ring substituents is 1. The minimum atomic E-state index is -0.795. The van der Waals surface area contributed by atoms with E-state index in [1.165, 1.54) is 23.1 Å². The van der Waals surface area contributed by atoms with Gasteiger partial charge in [-0.1, -0.05) is 0 Å². The first kappa shape index (κ1) is 17.2. The van der Waals surface area contributed by atoms with E-state index in [0.717, 1.165) is 0 Å². The summed E-state index contributed by atoms with van der Waals surface area (Å²) in [6, 6.07) is 4.00. The van der Waals surface area contributed by atoms with Crippen LogP contribution in [0, 0.1) is 10.1 Å². The average Bonchev–Trinajstić information content (AvgIpc) is 2.88. The lowest BCUT2D eigenvalue weighted by atomic mass is 9.89. The molecule has 1 amide bonds. The molecular formula is C17H20N2O6. The van der Waals surface area contributed by atoms with Crippen molar-refractivity contribution in [1.29, 1.82) is 0 Å². The number of ether oxygens (including phenoxy) is 2. The van der Waals surface area contributed by atoms with Crippen LogP contribution in [-0.4, -0.2) is 46.0 Å². The Morgan fingerprint density at radius 3 is 2.76 bits per heavy atom. The number of likely N-dealkylation sites (tertiary alicyclic amines) is 1. The third-order valence-corrected chi connectivity index (χ3v) is 4.25. The fourth-order valence-electron chi connectivity index (χ4n) is 3.15. The van der Waals surface area contributed by atoms with Crippen LogP contribution in [0.3, 0.4) is 0 Å². The van der Waals surface area contributed by atoms with E-state index >= 15 is 0 Å². The molecule has 8 heteroatoms.